The fraction of sp³-hybridized carbons (Fsp3) is 0.375. The second-order valence-corrected chi connectivity index (χ2v) is 4.55. The number of aromatic nitrogens is 2. The van der Waals surface area contributed by atoms with Crippen LogP contribution < -0.4 is 10.6 Å². The largest absolute Gasteiger partial charge is 0.326 e. The van der Waals surface area contributed by atoms with Crippen molar-refractivity contribution in [1.29, 1.82) is 0 Å². The zero-order valence-electron chi connectivity index (χ0n) is 7.65. The predicted molar refractivity (Wildman–Crippen MR) is 59.7 cm³/mol. The van der Waals surface area contributed by atoms with Crippen LogP contribution in [0.25, 0.3) is 0 Å². The highest BCUT2D eigenvalue weighted by Crippen LogP contribution is 2.27. The molecule has 2 heterocycles. The van der Waals surface area contributed by atoms with Gasteiger partial charge >= 0.3 is 0 Å². The summed E-state index contributed by atoms with van der Waals surface area (Å²) in [5, 5.41) is 7.84. The molecule has 15 heavy (non-hydrogen) atoms. The van der Waals surface area contributed by atoms with Gasteiger partial charge in [-0.25, -0.2) is 0 Å². The van der Waals surface area contributed by atoms with Gasteiger partial charge in [-0.2, -0.15) is 0 Å². The van der Waals surface area contributed by atoms with E-state index in [2.05, 4.69) is 26.1 Å². The molecule has 0 spiro atoms. The summed E-state index contributed by atoms with van der Waals surface area (Å²) < 4.78 is 0.643. The summed E-state index contributed by atoms with van der Waals surface area (Å²) in [4.78, 5) is 13.1. The lowest BCUT2D eigenvalue weighted by Gasteiger charge is -2.15. The number of nitrogens with zero attached hydrogens (tertiary/aromatic N) is 3. The Bertz CT molecular complexity index is 414. The van der Waals surface area contributed by atoms with Crippen molar-refractivity contribution in [3.05, 3.63) is 15.7 Å². The van der Waals surface area contributed by atoms with Crippen LogP contribution in [0.3, 0.4) is 0 Å². The lowest BCUT2D eigenvalue weighted by Crippen LogP contribution is -2.29. The lowest BCUT2D eigenvalue weighted by molar-refractivity contribution is -0.117. The maximum Gasteiger partial charge on any atom is 0.229 e. The Morgan fingerprint density at radius 3 is 2.87 bits per heavy atom. The number of anilines is 1. The molecule has 7 heteroatoms. The highest BCUT2D eigenvalue weighted by Gasteiger charge is 2.30. The summed E-state index contributed by atoms with van der Waals surface area (Å²) in [7, 11) is 0. The molecule has 0 radical (unpaired) electrons. The number of halogens is 2. The maximum absolute atomic E-state index is 11.5. The van der Waals surface area contributed by atoms with Crippen LogP contribution in [-0.4, -0.2) is 28.7 Å². The van der Waals surface area contributed by atoms with Gasteiger partial charge in [0.2, 0.25) is 5.91 Å². The molecule has 80 valence electrons. The smallest absolute Gasteiger partial charge is 0.229 e. The van der Waals surface area contributed by atoms with E-state index >= 15 is 0 Å². The Kier molecular flexibility index (Phi) is 2.90. The molecule has 1 unspecified atom stereocenters. The van der Waals surface area contributed by atoms with Crippen LogP contribution in [0.1, 0.15) is 6.42 Å². The van der Waals surface area contributed by atoms with E-state index < -0.39 is 0 Å². The van der Waals surface area contributed by atoms with Gasteiger partial charge in [0.05, 0.1) is 4.47 Å². The fourth-order valence-electron chi connectivity index (χ4n) is 1.46. The molecule has 1 fully saturated rings. The van der Waals surface area contributed by atoms with Gasteiger partial charge in [-0.05, 0) is 22.0 Å². The average Bonchev–Trinajstić information content (AvgIpc) is 2.45. The molecule has 0 aliphatic carbocycles. The third kappa shape index (κ3) is 2.11. The van der Waals surface area contributed by atoms with Crippen molar-refractivity contribution in [2.45, 2.75) is 12.5 Å². The van der Waals surface area contributed by atoms with Crippen molar-refractivity contribution >= 4 is 39.3 Å². The Morgan fingerprint density at radius 2 is 2.33 bits per heavy atom. The van der Waals surface area contributed by atoms with E-state index in [1.54, 1.807) is 6.07 Å². The van der Waals surface area contributed by atoms with Crippen LogP contribution in [-0.2, 0) is 4.79 Å². The first kappa shape index (κ1) is 10.8. The summed E-state index contributed by atoms with van der Waals surface area (Å²) in [6.07, 6.45) is 0.344. The third-order valence-corrected chi connectivity index (χ3v) is 2.88. The number of rotatable bonds is 1. The summed E-state index contributed by atoms with van der Waals surface area (Å²) in [5.74, 6) is 0.428. The average molecular weight is 292 g/mol. The molecule has 1 aromatic heterocycles. The van der Waals surface area contributed by atoms with Crippen LogP contribution in [0.15, 0.2) is 10.5 Å². The van der Waals surface area contributed by atoms with Crippen LogP contribution in [0, 0.1) is 0 Å². The third-order valence-electron chi connectivity index (χ3n) is 2.11. The molecule has 5 nitrogen and oxygen atoms in total. The molecule has 1 atom stereocenters. The minimum atomic E-state index is -0.137. The second kappa shape index (κ2) is 4.03. The minimum Gasteiger partial charge on any atom is -0.326 e. The number of amides is 1. The van der Waals surface area contributed by atoms with E-state index in [1.807, 2.05) is 0 Å². The molecule has 1 aromatic rings. The van der Waals surface area contributed by atoms with Crippen molar-refractivity contribution in [3.8, 4) is 0 Å². The Morgan fingerprint density at radius 1 is 1.60 bits per heavy atom. The van der Waals surface area contributed by atoms with Gasteiger partial charge in [-0.15, -0.1) is 10.2 Å². The molecular weight excluding hydrogens is 283 g/mol. The van der Waals surface area contributed by atoms with E-state index in [1.165, 1.54) is 4.90 Å². The van der Waals surface area contributed by atoms with Crippen LogP contribution in [0.2, 0.25) is 5.15 Å². The fourth-order valence-corrected chi connectivity index (χ4v) is 2.25. The number of carbonyl (C=O) groups excluding carboxylic acids is 1. The van der Waals surface area contributed by atoms with Gasteiger partial charge in [0.1, 0.15) is 0 Å². The van der Waals surface area contributed by atoms with E-state index in [0.717, 1.165) is 0 Å². The Balaban J connectivity index is 2.34. The highest BCUT2D eigenvalue weighted by molar-refractivity contribution is 9.10. The zero-order chi connectivity index (χ0) is 11.0. The number of hydrogen-bond donors (Lipinski definition) is 1. The quantitative estimate of drug-likeness (QED) is 0.836. The van der Waals surface area contributed by atoms with E-state index in [9.17, 15) is 4.79 Å². The van der Waals surface area contributed by atoms with Gasteiger partial charge < -0.3 is 5.73 Å². The molecule has 1 aliphatic heterocycles. The summed E-state index contributed by atoms with van der Waals surface area (Å²) >= 11 is 8.94. The highest BCUT2D eigenvalue weighted by atomic mass is 79.9. The molecule has 2 N–H and O–H groups in total. The Labute approximate surface area is 99.7 Å². The molecule has 0 saturated carbocycles. The molecule has 0 bridgehead atoms. The van der Waals surface area contributed by atoms with Crippen molar-refractivity contribution < 1.29 is 4.79 Å². The zero-order valence-corrected chi connectivity index (χ0v) is 9.99. The van der Waals surface area contributed by atoms with Crippen molar-refractivity contribution in [3.63, 3.8) is 0 Å². The van der Waals surface area contributed by atoms with Gasteiger partial charge in [0, 0.05) is 19.0 Å². The van der Waals surface area contributed by atoms with Gasteiger partial charge in [0.15, 0.2) is 11.0 Å². The monoisotopic (exact) mass is 290 g/mol. The topological polar surface area (TPSA) is 72.1 Å². The second-order valence-electron chi connectivity index (χ2n) is 3.31. The van der Waals surface area contributed by atoms with Crippen molar-refractivity contribution in [2.24, 2.45) is 5.73 Å². The van der Waals surface area contributed by atoms with Crippen LogP contribution in [0.5, 0.6) is 0 Å². The van der Waals surface area contributed by atoms with Gasteiger partial charge in [0.25, 0.3) is 0 Å². The molecule has 1 aliphatic rings. The first-order valence-electron chi connectivity index (χ1n) is 4.32. The summed E-state index contributed by atoms with van der Waals surface area (Å²) in [6.45, 7) is 0.466. The SMILES string of the molecule is NC1CC(=O)N(c2nnc(Cl)cc2Br)C1. The number of nitrogens with two attached hydrogens (primary N) is 1. The van der Waals surface area contributed by atoms with Gasteiger partial charge in [-0.3, -0.25) is 9.69 Å². The lowest BCUT2D eigenvalue weighted by atomic mass is 10.3. The first-order chi connectivity index (χ1) is 7.08. The number of hydrogen-bond acceptors (Lipinski definition) is 4. The summed E-state index contributed by atoms with van der Waals surface area (Å²) in [6, 6.07) is 1.46. The minimum absolute atomic E-state index is 0.0418. The molecule has 1 saturated heterocycles. The predicted octanol–water partition coefficient (Wildman–Crippen LogP) is 0.956. The van der Waals surface area contributed by atoms with Crippen LogP contribution >= 0.6 is 27.5 Å². The standard InChI is InChI=1S/C8H8BrClN4O/c9-5-2-6(10)12-13-8(5)14-3-4(11)1-7(14)15/h2,4H,1,3,11H2. The molecule has 2 rings (SSSR count). The van der Waals surface area contributed by atoms with Crippen molar-refractivity contribution in [1.82, 2.24) is 10.2 Å². The molecule has 0 aromatic carbocycles. The van der Waals surface area contributed by atoms with Crippen molar-refractivity contribution in [2.75, 3.05) is 11.4 Å². The molecular formula is C8H8BrClN4O. The molecule has 1 amide bonds. The first-order valence-corrected chi connectivity index (χ1v) is 5.49. The Hall–Kier alpha value is -0.720. The van der Waals surface area contributed by atoms with Crippen LogP contribution in [0.4, 0.5) is 5.82 Å². The van der Waals surface area contributed by atoms with E-state index in [4.69, 9.17) is 17.3 Å². The normalized spacial score (nSPS) is 21.1. The van der Waals surface area contributed by atoms with E-state index in [0.29, 0.717) is 23.3 Å². The van der Waals surface area contributed by atoms with E-state index in [-0.39, 0.29) is 17.1 Å². The number of carbonyl (C=O) groups is 1. The summed E-state index contributed by atoms with van der Waals surface area (Å²) in [5.41, 5.74) is 5.68. The maximum atomic E-state index is 11.5. The van der Waals surface area contributed by atoms with Gasteiger partial charge in [-0.1, -0.05) is 11.6 Å².